The van der Waals surface area contributed by atoms with E-state index in [0.717, 1.165) is 16.7 Å². The summed E-state index contributed by atoms with van der Waals surface area (Å²) in [5, 5.41) is 13.7. The molecule has 0 radical (unpaired) electrons. The van der Waals surface area contributed by atoms with Crippen LogP contribution in [0.3, 0.4) is 0 Å². The van der Waals surface area contributed by atoms with Crippen LogP contribution >= 0.6 is 11.8 Å². The first-order valence-electron chi connectivity index (χ1n) is 10.4. The number of carbonyl (C=O) groups is 2. The van der Waals surface area contributed by atoms with Crippen molar-refractivity contribution in [1.29, 1.82) is 0 Å². The summed E-state index contributed by atoms with van der Waals surface area (Å²) in [7, 11) is 0. The van der Waals surface area contributed by atoms with E-state index in [1.165, 1.54) is 23.9 Å². The number of aryl methyl sites for hydroxylation is 1. The van der Waals surface area contributed by atoms with Crippen molar-refractivity contribution in [3.8, 4) is 0 Å². The molecule has 0 saturated heterocycles. The number of nitro benzene ring substituents is 1. The minimum atomic E-state index is -0.622. The van der Waals surface area contributed by atoms with Crippen LogP contribution < -0.4 is 5.32 Å². The molecule has 0 aliphatic heterocycles. The van der Waals surface area contributed by atoms with E-state index in [9.17, 15) is 19.7 Å². The molecular weight excluding hydrogens is 426 g/mol. The summed E-state index contributed by atoms with van der Waals surface area (Å²) < 4.78 is 0. The van der Waals surface area contributed by atoms with Gasteiger partial charge in [0, 0.05) is 30.0 Å². The highest BCUT2D eigenvalue weighted by Crippen LogP contribution is 2.19. The first-order valence-corrected chi connectivity index (χ1v) is 11.6. The smallest absolute Gasteiger partial charge is 0.269 e. The van der Waals surface area contributed by atoms with Crippen molar-refractivity contribution < 1.29 is 14.5 Å². The number of amides is 2. The summed E-state index contributed by atoms with van der Waals surface area (Å²) in [5.74, 6) is 0.424. The van der Waals surface area contributed by atoms with Crippen molar-refractivity contribution in [2.24, 2.45) is 0 Å². The maximum absolute atomic E-state index is 13.1. The predicted octanol–water partition coefficient (Wildman–Crippen LogP) is 4.47. The first-order chi connectivity index (χ1) is 15.0. The summed E-state index contributed by atoms with van der Waals surface area (Å²) in [6, 6.07) is 13.6. The Balaban J connectivity index is 2.07. The van der Waals surface area contributed by atoms with Gasteiger partial charge in [0.25, 0.3) is 5.69 Å². The number of carbonyl (C=O) groups excluding carboxylic acids is 2. The van der Waals surface area contributed by atoms with E-state index in [1.807, 2.05) is 52.0 Å². The zero-order chi connectivity index (χ0) is 23.9. The molecule has 0 aliphatic rings. The fourth-order valence-corrected chi connectivity index (χ4v) is 3.87. The summed E-state index contributed by atoms with van der Waals surface area (Å²) in [6.45, 7) is 9.81. The molecule has 2 amide bonds. The number of thioether (sulfide) groups is 1. The molecule has 172 valence electrons. The largest absolute Gasteiger partial charge is 0.350 e. The van der Waals surface area contributed by atoms with Crippen LogP contribution in [-0.4, -0.2) is 39.0 Å². The van der Waals surface area contributed by atoms with Gasteiger partial charge in [0.05, 0.1) is 10.7 Å². The lowest BCUT2D eigenvalue weighted by atomic mass is 10.1. The SMILES string of the molecule is Cc1ccc(CN(C(=O)CSCc2ccc([N+](=O)[O-])cc2)[C@@H](C)C(=O)NC(C)(C)C)cc1. The molecule has 2 aromatic rings. The van der Waals surface area contributed by atoms with Gasteiger partial charge in [0.1, 0.15) is 6.04 Å². The maximum atomic E-state index is 13.1. The molecule has 0 bridgehead atoms. The van der Waals surface area contributed by atoms with Crippen LogP contribution in [0.25, 0.3) is 0 Å². The molecule has 0 heterocycles. The maximum Gasteiger partial charge on any atom is 0.269 e. The van der Waals surface area contributed by atoms with Crippen molar-refractivity contribution in [2.45, 2.75) is 58.5 Å². The third-order valence-electron chi connectivity index (χ3n) is 4.78. The van der Waals surface area contributed by atoms with Gasteiger partial charge in [-0.1, -0.05) is 42.0 Å². The number of hydrogen-bond acceptors (Lipinski definition) is 5. The van der Waals surface area contributed by atoms with E-state index < -0.39 is 16.5 Å². The molecule has 1 N–H and O–H groups in total. The van der Waals surface area contributed by atoms with Crippen LogP contribution in [0, 0.1) is 17.0 Å². The zero-order valence-corrected chi connectivity index (χ0v) is 20.1. The van der Waals surface area contributed by atoms with E-state index in [4.69, 9.17) is 0 Å². The summed E-state index contributed by atoms with van der Waals surface area (Å²) in [6.07, 6.45) is 0. The summed E-state index contributed by atoms with van der Waals surface area (Å²) >= 11 is 1.42. The average molecular weight is 458 g/mol. The van der Waals surface area contributed by atoms with Gasteiger partial charge in [-0.05, 0) is 45.7 Å². The van der Waals surface area contributed by atoms with Crippen molar-refractivity contribution in [1.82, 2.24) is 10.2 Å². The Hall–Kier alpha value is -2.87. The lowest BCUT2D eigenvalue weighted by molar-refractivity contribution is -0.384. The standard InChI is InChI=1S/C24H31N3O4S/c1-17-6-8-19(9-7-17)14-26(18(2)23(29)25-24(3,4)5)22(28)16-32-15-20-10-12-21(13-11-20)27(30)31/h6-13,18H,14-16H2,1-5H3,(H,25,29)/t18-/m0/s1. The number of benzene rings is 2. The number of nitrogens with one attached hydrogen (secondary N) is 1. The fourth-order valence-electron chi connectivity index (χ4n) is 3.00. The lowest BCUT2D eigenvalue weighted by Crippen LogP contribution is -2.52. The molecule has 0 spiro atoms. The second-order valence-electron chi connectivity index (χ2n) is 8.84. The predicted molar refractivity (Wildman–Crippen MR) is 128 cm³/mol. The molecule has 0 saturated carbocycles. The Morgan fingerprint density at radius 2 is 1.62 bits per heavy atom. The monoisotopic (exact) mass is 457 g/mol. The topological polar surface area (TPSA) is 92.6 Å². The third kappa shape index (κ3) is 8.00. The molecule has 1 atom stereocenters. The molecule has 32 heavy (non-hydrogen) atoms. The first kappa shape index (κ1) is 25.4. The van der Waals surface area contributed by atoms with Crippen LogP contribution in [0.1, 0.15) is 44.4 Å². The highest BCUT2D eigenvalue weighted by atomic mass is 32.2. The van der Waals surface area contributed by atoms with E-state index in [1.54, 1.807) is 24.0 Å². The van der Waals surface area contributed by atoms with Gasteiger partial charge >= 0.3 is 0 Å². The lowest BCUT2D eigenvalue weighted by Gasteiger charge is -2.31. The fraction of sp³-hybridized carbons (Fsp3) is 0.417. The van der Waals surface area contributed by atoms with Gasteiger partial charge < -0.3 is 10.2 Å². The van der Waals surface area contributed by atoms with Gasteiger partial charge in [0.15, 0.2) is 0 Å². The van der Waals surface area contributed by atoms with E-state index in [-0.39, 0.29) is 23.3 Å². The van der Waals surface area contributed by atoms with Crippen molar-refractivity contribution >= 4 is 29.3 Å². The Kier molecular flexibility index (Phi) is 8.83. The highest BCUT2D eigenvalue weighted by Gasteiger charge is 2.28. The molecular formula is C24H31N3O4S. The van der Waals surface area contributed by atoms with Crippen LogP contribution in [0.5, 0.6) is 0 Å². The van der Waals surface area contributed by atoms with Gasteiger partial charge in [0.2, 0.25) is 11.8 Å². The Morgan fingerprint density at radius 1 is 1.06 bits per heavy atom. The van der Waals surface area contributed by atoms with Gasteiger partial charge in [-0.25, -0.2) is 0 Å². The minimum absolute atomic E-state index is 0.0396. The van der Waals surface area contributed by atoms with Crippen LogP contribution in [-0.2, 0) is 21.9 Å². The molecule has 2 rings (SSSR count). The normalized spacial score (nSPS) is 12.2. The molecule has 7 nitrogen and oxygen atoms in total. The van der Waals surface area contributed by atoms with Crippen molar-refractivity contribution in [2.75, 3.05) is 5.75 Å². The number of non-ortho nitro benzene ring substituents is 1. The number of nitro groups is 1. The van der Waals surface area contributed by atoms with Crippen LogP contribution in [0.15, 0.2) is 48.5 Å². The van der Waals surface area contributed by atoms with Crippen molar-refractivity contribution in [3.63, 3.8) is 0 Å². The van der Waals surface area contributed by atoms with Crippen molar-refractivity contribution in [3.05, 3.63) is 75.3 Å². The Labute approximate surface area is 193 Å². The number of nitrogens with zero attached hydrogens (tertiary/aromatic N) is 2. The van der Waals surface area contributed by atoms with Crippen LogP contribution in [0.2, 0.25) is 0 Å². The second-order valence-corrected chi connectivity index (χ2v) is 9.82. The molecule has 8 heteroatoms. The molecule has 0 aromatic heterocycles. The molecule has 0 unspecified atom stereocenters. The van der Waals surface area contributed by atoms with E-state index >= 15 is 0 Å². The zero-order valence-electron chi connectivity index (χ0n) is 19.3. The van der Waals surface area contributed by atoms with Gasteiger partial charge in [-0.3, -0.25) is 19.7 Å². The van der Waals surface area contributed by atoms with Gasteiger partial charge in [-0.15, -0.1) is 11.8 Å². The highest BCUT2D eigenvalue weighted by molar-refractivity contribution is 7.99. The summed E-state index contributed by atoms with van der Waals surface area (Å²) in [4.78, 5) is 37.8. The van der Waals surface area contributed by atoms with Crippen LogP contribution in [0.4, 0.5) is 5.69 Å². The summed E-state index contributed by atoms with van der Waals surface area (Å²) in [5.41, 5.74) is 2.63. The Morgan fingerprint density at radius 3 is 2.16 bits per heavy atom. The second kappa shape index (κ2) is 11.1. The average Bonchev–Trinajstić information content (AvgIpc) is 2.72. The molecule has 0 aliphatic carbocycles. The van der Waals surface area contributed by atoms with E-state index in [2.05, 4.69) is 5.32 Å². The minimum Gasteiger partial charge on any atom is -0.350 e. The quantitative estimate of drug-likeness (QED) is 0.443. The number of hydrogen-bond donors (Lipinski definition) is 1. The van der Waals surface area contributed by atoms with Gasteiger partial charge in [-0.2, -0.15) is 0 Å². The Bertz CT molecular complexity index is 937. The number of rotatable bonds is 9. The third-order valence-corrected chi connectivity index (χ3v) is 5.77. The molecule has 2 aromatic carbocycles. The van der Waals surface area contributed by atoms with E-state index in [0.29, 0.717) is 12.3 Å². The molecule has 0 fully saturated rings.